The van der Waals surface area contributed by atoms with E-state index in [1.807, 2.05) is 4.90 Å². The largest absolute Gasteiger partial charge is 0.439 e. The molecule has 0 spiro atoms. The molecule has 0 aliphatic rings. The summed E-state index contributed by atoms with van der Waals surface area (Å²) in [5.74, 6) is 0.742. The van der Waals surface area contributed by atoms with Crippen molar-refractivity contribution in [2.24, 2.45) is 0 Å². The number of oxazole rings is 1. The van der Waals surface area contributed by atoms with Gasteiger partial charge in [-0.1, -0.05) is 12.1 Å². The number of halogens is 1. The molecule has 0 atom stereocenters. The van der Waals surface area contributed by atoms with Gasteiger partial charge in [0.1, 0.15) is 5.82 Å². The van der Waals surface area contributed by atoms with E-state index in [1.165, 1.54) is 12.1 Å². The van der Waals surface area contributed by atoms with Crippen LogP contribution in [0.5, 0.6) is 0 Å². The molecule has 6 heteroatoms. The number of benzene rings is 1. The van der Waals surface area contributed by atoms with E-state index < -0.39 is 0 Å². The molecule has 2 rings (SSSR count). The van der Waals surface area contributed by atoms with Crippen molar-refractivity contribution >= 4 is 0 Å². The summed E-state index contributed by atoms with van der Waals surface area (Å²) in [5.41, 5.74) is 0.652. The predicted octanol–water partition coefficient (Wildman–Crippen LogP) is 1.92. The first kappa shape index (κ1) is 15.6. The summed E-state index contributed by atoms with van der Waals surface area (Å²) in [7, 11) is 1.63. The van der Waals surface area contributed by atoms with Crippen molar-refractivity contribution < 1.29 is 18.7 Å². The van der Waals surface area contributed by atoms with E-state index in [1.54, 1.807) is 25.4 Å². The fraction of sp³-hybridized carbons (Fsp3) is 0.400. The number of nitrogens with zero attached hydrogens (tertiary/aromatic N) is 2. The first-order valence-electron chi connectivity index (χ1n) is 6.75. The highest BCUT2D eigenvalue weighted by molar-refractivity contribution is 5.56. The molecule has 0 unspecified atom stereocenters. The van der Waals surface area contributed by atoms with Gasteiger partial charge >= 0.3 is 0 Å². The highest BCUT2D eigenvalue weighted by Gasteiger charge is 2.11. The van der Waals surface area contributed by atoms with Gasteiger partial charge in [-0.3, -0.25) is 4.90 Å². The lowest BCUT2D eigenvalue weighted by Crippen LogP contribution is -2.29. The number of hydrogen-bond donors (Lipinski definition) is 1. The van der Waals surface area contributed by atoms with Crippen LogP contribution in [0.3, 0.4) is 0 Å². The number of ether oxygens (including phenoxy) is 1. The zero-order chi connectivity index (χ0) is 15.1. The summed E-state index contributed by atoms with van der Waals surface area (Å²) < 4.78 is 23.9. The minimum atomic E-state index is -0.313. The lowest BCUT2D eigenvalue weighted by molar-refractivity contribution is 0.121. The Kier molecular flexibility index (Phi) is 5.86. The summed E-state index contributed by atoms with van der Waals surface area (Å²) in [4.78, 5) is 6.18. The summed E-state index contributed by atoms with van der Waals surface area (Å²) in [6.45, 7) is 2.29. The molecule has 1 aromatic heterocycles. The van der Waals surface area contributed by atoms with Crippen molar-refractivity contribution in [1.29, 1.82) is 0 Å². The zero-order valence-electron chi connectivity index (χ0n) is 12.0. The molecule has 21 heavy (non-hydrogen) atoms. The molecule has 1 aromatic carbocycles. The molecule has 0 amide bonds. The zero-order valence-corrected chi connectivity index (χ0v) is 12.0. The number of rotatable bonds is 8. The molecule has 0 saturated carbocycles. The van der Waals surface area contributed by atoms with Crippen molar-refractivity contribution in [3.05, 3.63) is 42.2 Å². The lowest BCUT2D eigenvalue weighted by atomic mass is 10.2. The third kappa shape index (κ3) is 4.63. The number of aromatic nitrogens is 1. The first-order chi connectivity index (χ1) is 10.2. The molecular formula is C15H19FN2O3. The average molecular weight is 294 g/mol. The van der Waals surface area contributed by atoms with Crippen LogP contribution in [-0.4, -0.2) is 48.4 Å². The molecule has 0 fully saturated rings. The van der Waals surface area contributed by atoms with E-state index in [0.717, 1.165) is 0 Å². The maximum atomic E-state index is 13.2. The highest BCUT2D eigenvalue weighted by Crippen LogP contribution is 2.21. The number of aliphatic hydroxyl groups is 1. The van der Waals surface area contributed by atoms with Crippen LogP contribution in [-0.2, 0) is 11.3 Å². The van der Waals surface area contributed by atoms with Gasteiger partial charge in [0.25, 0.3) is 0 Å². The van der Waals surface area contributed by atoms with Crippen LogP contribution in [0, 0.1) is 5.82 Å². The average Bonchev–Trinajstić information content (AvgIpc) is 2.93. The topological polar surface area (TPSA) is 58.7 Å². The van der Waals surface area contributed by atoms with Crippen molar-refractivity contribution in [3.8, 4) is 11.3 Å². The van der Waals surface area contributed by atoms with Gasteiger partial charge < -0.3 is 14.3 Å². The number of aliphatic hydroxyl groups excluding tert-OH is 1. The normalized spacial score (nSPS) is 11.2. The van der Waals surface area contributed by atoms with Crippen LogP contribution in [0.2, 0.25) is 0 Å². The van der Waals surface area contributed by atoms with Crippen molar-refractivity contribution in [3.63, 3.8) is 0 Å². The number of methoxy groups -OCH3 is 1. The summed E-state index contributed by atoms with van der Waals surface area (Å²) >= 11 is 0. The highest BCUT2D eigenvalue weighted by atomic mass is 19.1. The molecule has 1 N–H and O–H groups in total. The Morgan fingerprint density at radius 1 is 1.38 bits per heavy atom. The van der Waals surface area contributed by atoms with E-state index >= 15 is 0 Å². The van der Waals surface area contributed by atoms with Gasteiger partial charge in [0, 0.05) is 25.8 Å². The van der Waals surface area contributed by atoms with Crippen molar-refractivity contribution in [2.45, 2.75) is 6.54 Å². The maximum Gasteiger partial charge on any atom is 0.209 e. The van der Waals surface area contributed by atoms with Crippen LogP contribution >= 0.6 is 0 Å². The smallest absolute Gasteiger partial charge is 0.209 e. The first-order valence-corrected chi connectivity index (χ1v) is 6.75. The molecule has 0 saturated heterocycles. The molecule has 2 aromatic rings. The van der Waals surface area contributed by atoms with Crippen LogP contribution in [0.25, 0.3) is 11.3 Å². The molecule has 0 aliphatic carbocycles. The van der Waals surface area contributed by atoms with Gasteiger partial charge in [0.05, 0.1) is 26.0 Å². The van der Waals surface area contributed by atoms with E-state index in [0.29, 0.717) is 43.5 Å². The van der Waals surface area contributed by atoms with E-state index in [2.05, 4.69) is 4.98 Å². The SMILES string of the molecule is COCCN(CCO)Cc1ncc(-c2cccc(F)c2)o1. The monoisotopic (exact) mass is 294 g/mol. The standard InChI is InChI=1S/C15H19FN2O3/c1-20-8-6-18(5-7-19)11-15-17-10-14(21-15)12-3-2-4-13(16)9-12/h2-4,9-10,19H,5-8,11H2,1H3. The quantitative estimate of drug-likeness (QED) is 0.806. The van der Waals surface area contributed by atoms with Crippen LogP contribution in [0.1, 0.15) is 5.89 Å². The molecule has 5 nitrogen and oxygen atoms in total. The second-order valence-electron chi connectivity index (χ2n) is 4.62. The third-order valence-corrected chi connectivity index (χ3v) is 3.05. The second kappa shape index (κ2) is 7.87. The van der Waals surface area contributed by atoms with E-state index in [9.17, 15) is 4.39 Å². The molecule has 0 aliphatic heterocycles. The fourth-order valence-electron chi connectivity index (χ4n) is 1.98. The second-order valence-corrected chi connectivity index (χ2v) is 4.62. The molecule has 0 radical (unpaired) electrons. The van der Waals surface area contributed by atoms with Gasteiger partial charge in [-0.05, 0) is 12.1 Å². The van der Waals surface area contributed by atoms with Gasteiger partial charge in [-0.25, -0.2) is 9.37 Å². The lowest BCUT2D eigenvalue weighted by Gasteiger charge is -2.18. The maximum absolute atomic E-state index is 13.2. The Hall–Kier alpha value is -1.76. The minimum Gasteiger partial charge on any atom is -0.439 e. The van der Waals surface area contributed by atoms with Gasteiger partial charge in [0.2, 0.25) is 5.89 Å². The predicted molar refractivity (Wildman–Crippen MR) is 76.1 cm³/mol. The molecular weight excluding hydrogens is 275 g/mol. The molecule has 0 bridgehead atoms. The molecule has 1 heterocycles. The minimum absolute atomic E-state index is 0.0567. The Labute approximate surface area is 123 Å². The van der Waals surface area contributed by atoms with Crippen molar-refractivity contribution in [1.82, 2.24) is 9.88 Å². The van der Waals surface area contributed by atoms with Gasteiger partial charge in [-0.2, -0.15) is 0 Å². The molecule has 114 valence electrons. The summed E-state index contributed by atoms with van der Waals surface area (Å²) in [6, 6.07) is 6.18. The van der Waals surface area contributed by atoms with Crippen LogP contribution in [0.4, 0.5) is 4.39 Å². The van der Waals surface area contributed by atoms with E-state index in [4.69, 9.17) is 14.3 Å². The third-order valence-electron chi connectivity index (χ3n) is 3.05. The Morgan fingerprint density at radius 2 is 2.24 bits per heavy atom. The summed E-state index contributed by atoms with van der Waals surface area (Å²) in [5, 5.41) is 9.05. The Bertz CT molecular complexity index is 559. The van der Waals surface area contributed by atoms with Gasteiger partial charge in [0.15, 0.2) is 5.76 Å². The number of hydrogen-bond acceptors (Lipinski definition) is 5. The van der Waals surface area contributed by atoms with Gasteiger partial charge in [-0.15, -0.1) is 0 Å². The Balaban J connectivity index is 2.04. The van der Waals surface area contributed by atoms with Crippen LogP contribution in [0.15, 0.2) is 34.9 Å². The fourth-order valence-corrected chi connectivity index (χ4v) is 1.98. The Morgan fingerprint density at radius 3 is 2.95 bits per heavy atom. The van der Waals surface area contributed by atoms with E-state index in [-0.39, 0.29) is 12.4 Å². The summed E-state index contributed by atoms with van der Waals surface area (Å²) in [6.07, 6.45) is 1.58. The van der Waals surface area contributed by atoms with Crippen LogP contribution < -0.4 is 0 Å². The van der Waals surface area contributed by atoms with Crippen molar-refractivity contribution in [2.75, 3.05) is 33.4 Å².